The predicted octanol–water partition coefficient (Wildman–Crippen LogP) is 8.29. The summed E-state index contributed by atoms with van der Waals surface area (Å²) in [6, 6.07) is 0. The zero-order chi connectivity index (χ0) is 32.2. The molecule has 0 saturated heterocycles. The average molecular weight is 635 g/mol. The lowest BCUT2D eigenvalue weighted by Crippen LogP contribution is -2.37. The van der Waals surface area contributed by atoms with Crippen molar-refractivity contribution in [3.05, 3.63) is 12.2 Å². The molecule has 0 heterocycles. The van der Waals surface area contributed by atoms with Crippen LogP contribution in [0.25, 0.3) is 0 Å². The van der Waals surface area contributed by atoms with Crippen molar-refractivity contribution in [2.24, 2.45) is 0 Å². The summed E-state index contributed by atoms with van der Waals surface area (Å²) in [5.41, 5.74) is 0. The summed E-state index contributed by atoms with van der Waals surface area (Å²) < 4.78 is 33.8. The lowest BCUT2D eigenvalue weighted by molar-refractivity contribution is -0.870. The molecule has 0 amide bonds. The molecule has 0 bridgehead atoms. The Balaban J connectivity index is 4.36. The molecule has 0 aliphatic rings. The Morgan fingerprint density at radius 1 is 0.698 bits per heavy atom. The average Bonchev–Trinajstić information content (AvgIpc) is 2.93. The van der Waals surface area contributed by atoms with Gasteiger partial charge in [0.25, 0.3) is 0 Å². The number of esters is 2. The van der Waals surface area contributed by atoms with E-state index in [2.05, 4.69) is 26.0 Å². The lowest BCUT2D eigenvalue weighted by Gasteiger charge is -2.24. The molecular weight excluding hydrogens is 569 g/mol. The Morgan fingerprint density at radius 3 is 1.72 bits per heavy atom. The van der Waals surface area contributed by atoms with Gasteiger partial charge in [-0.3, -0.25) is 18.6 Å². The third-order valence-corrected chi connectivity index (χ3v) is 8.03. The van der Waals surface area contributed by atoms with Crippen LogP contribution in [0.2, 0.25) is 0 Å². The highest BCUT2D eigenvalue weighted by atomic mass is 31.2. The monoisotopic (exact) mass is 634 g/mol. The van der Waals surface area contributed by atoms with Crippen molar-refractivity contribution in [1.29, 1.82) is 0 Å². The fourth-order valence-electron chi connectivity index (χ4n) is 4.30. The maximum absolute atomic E-state index is 12.4. The van der Waals surface area contributed by atoms with E-state index >= 15 is 0 Å². The van der Waals surface area contributed by atoms with E-state index in [-0.39, 0.29) is 32.0 Å². The SMILES string of the molecule is CCCCCCC/C=C/CCCCCCCC(=O)OC[C@H](COP(=O)(O)OCC[N+](C)(C)C)OC(=O)CCCCCCC. The van der Waals surface area contributed by atoms with Crippen LogP contribution in [0.4, 0.5) is 0 Å². The quantitative estimate of drug-likeness (QED) is 0.0276. The first kappa shape index (κ1) is 41.8. The number of unbranched alkanes of at least 4 members (excludes halogenated alkanes) is 14. The molecule has 0 aromatic heterocycles. The maximum Gasteiger partial charge on any atom is 0.472 e. The van der Waals surface area contributed by atoms with Gasteiger partial charge in [-0.1, -0.05) is 96.6 Å². The van der Waals surface area contributed by atoms with Crippen molar-refractivity contribution in [1.82, 2.24) is 0 Å². The van der Waals surface area contributed by atoms with Crippen molar-refractivity contribution in [2.75, 3.05) is 47.5 Å². The molecule has 0 fully saturated rings. The summed E-state index contributed by atoms with van der Waals surface area (Å²) >= 11 is 0. The van der Waals surface area contributed by atoms with Gasteiger partial charge in [-0.2, -0.15) is 0 Å². The molecular formula is C33H65NO8P+. The minimum absolute atomic E-state index is 0.0321. The van der Waals surface area contributed by atoms with Gasteiger partial charge in [-0.15, -0.1) is 0 Å². The van der Waals surface area contributed by atoms with E-state index in [1.54, 1.807) is 0 Å². The van der Waals surface area contributed by atoms with Crippen LogP contribution in [0.15, 0.2) is 12.2 Å². The molecule has 0 saturated carbocycles. The first-order valence-electron chi connectivity index (χ1n) is 16.9. The molecule has 2 atom stereocenters. The highest BCUT2D eigenvalue weighted by Crippen LogP contribution is 2.43. The molecule has 43 heavy (non-hydrogen) atoms. The molecule has 0 aliphatic heterocycles. The lowest BCUT2D eigenvalue weighted by atomic mass is 10.1. The van der Waals surface area contributed by atoms with Crippen LogP contribution in [-0.4, -0.2) is 74.9 Å². The summed E-state index contributed by atoms with van der Waals surface area (Å²) in [5.74, 6) is -0.824. The van der Waals surface area contributed by atoms with Crippen LogP contribution in [-0.2, 0) is 32.7 Å². The van der Waals surface area contributed by atoms with E-state index in [1.807, 2.05) is 21.1 Å². The van der Waals surface area contributed by atoms with E-state index < -0.39 is 26.5 Å². The van der Waals surface area contributed by atoms with Gasteiger partial charge in [-0.25, -0.2) is 4.57 Å². The maximum atomic E-state index is 12.4. The van der Waals surface area contributed by atoms with Crippen molar-refractivity contribution < 1.29 is 42.1 Å². The van der Waals surface area contributed by atoms with Crippen LogP contribution in [0.1, 0.15) is 136 Å². The molecule has 0 aromatic carbocycles. The molecule has 0 rings (SSSR count). The van der Waals surface area contributed by atoms with Crippen molar-refractivity contribution in [3.8, 4) is 0 Å². The number of phosphoric acid groups is 1. The highest BCUT2D eigenvalue weighted by molar-refractivity contribution is 7.47. The van der Waals surface area contributed by atoms with Gasteiger partial charge in [0.2, 0.25) is 0 Å². The molecule has 1 N–H and O–H groups in total. The van der Waals surface area contributed by atoms with Gasteiger partial charge in [0.05, 0.1) is 27.7 Å². The minimum Gasteiger partial charge on any atom is -0.462 e. The largest absolute Gasteiger partial charge is 0.472 e. The second-order valence-electron chi connectivity index (χ2n) is 12.6. The van der Waals surface area contributed by atoms with Gasteiger partial charge >= 0.3 is 19.8 Å². The molecule has 0 aliphatic carbocycles. The second-order valence-corrected chi connectivity index (χ2v) is 14.0. The normalized spacial score (nSPS) is 14.1. The predicted molar refractivity (Wildman–Crippen MR) is 174 cm³/mol. The fraction of sp³-hybridized carbons (Fsp3) is 0.879. The fourth-order valence-corrected chi connectivity index (χ4v) is 5.04. The van der Waals surface area contributed by atoms with Gasteiger partial charge in [0.15, 0.2) is 6.10 Å². The number of carbonyl (C=O) groups excluding carboxylic acids is 2. The number of allylic oxidation sites excluding steroid dienone is 2. The Hall–Kier alpha value is -1.25. The molecule has 1 unspecified atom stereocenters. The smallest absolute Gasteiger partial charge is 0.462 e. The van der Waals surface area contributed by atoms with Crippen LogP contribution < -0.4 is 0 Å². The van der Waals surface area contributed by atoms with Gasteiger partial charge in [0.1, 0.15) is 19.8 Å². The number of nitrogens with zero attached hydrogens (tertiary/aromatic N) is 1. The number of phosphoric ester groups is 1. The number of ether oxygens (including phenoxy) is 2. The Kier molecular flexibility index (Phi) is 26.3. The summed E-state index contributed by atoms with van der Waals surface area (Å²) in [4.78, 5) is 34.7. The van der Waals surface area contributed by atoms with E-state index in [1.165, 1.54) is 38.5 Å². The number of likely N-dealkylation sites (N-methyl/N-ethyl adjacent to an activating group) is 1. The van der Waals surface area contributed by atoms with Gasteiger partial charge in [0, 0.05) is 12.8 Å². The Labute approximate surface area is 263 Å². The van der Waals surface area contributed by atoms with E-state index in [9.17, 15) is 19.0 Å². The number of hydrogen-bond donors (Lipinski definition) is 1. The molecule has 0 spiro atoms. The molecule has 0 radical (unpaired) electrons. The number of rotatable bonds is 30. The number of hydrogen-bond acceptors (Lipinski definition) is 7. The van der Waals surface area contributed by atoms with E-state index in [4.69, 9.17) is 18.5 Å². The van der Waals surface area contributed by atoms with Crippen molar-refractivity contribution in [2.45, 2.75) is 142 Å². The molecule has 10 heteroatoms. The highest BCUT2D eigenvalue weighted by Gasteiger charge is 2.27. The zero-order valence-electron chi connectivity index (χ0n) is 28.2. The minimum atomic E-state index is -4.35. The first-order valence-corrected chi connectivity index (χ1v) is 18.4. The Morgan fingerprint density at radius 2 is 1.19 bits per heavy atom. The van der Waals surface area contributed by atoms with Crippen LogP contribution >= 0.6 is 7.82 Å². The van der Waals surface area contributed by atoms with Crippen molar-refractivity contribution >= 4 is 19.8 Å². The van der Waals surface area contributed by atoms with Crippen LogP contribution in [0, 0.1) is 0 Å². The van der Waals surface area contributed by atoms with Crippen LogP contribution in [0.5, 0.6) is 0 Å². The van der Waals surface area contributed by atoms with Gasteiger partial charge in [-0.05, 0) is 38.5 Å². The van der Waals surface area contributed by atoms with E-state index in [0.29, 0.717) is 17.4 Å². The third kappa shape index (κ3) is 30.6. The standard InChI is InChI=1S/C33H64NO8P/c1-6-8-10-12-13-14-15-16-17-18-19-20-22-23-25-32(35)39-29-31(42-33(36)26-24-21-11-9-7-2)30-41-43(37,38)40-28-27-34(3,4)5/h15-16,31H,6-14,17-30H2,1-5H3/p+1/b16-15+/t31-/m1/s1. The Bertz CT molecular complexity index is 768. The number of carbonyl (C=O) groups is 2. The summed E-state index contributed by atoms with van der Waals surface area (Å²) in [6.07, 6.45) is 23.0. The second kappa shape index (κ2) is 27.1. The zero-order valence-corrected chi connectivity index (χ0v) is 29.1. The summed E-state index contributed by atoms with van der Waals surface area (Å²) in [6.45, 7) is 4.28. The van der Waals surface area contributed by atoms with Gasteiger partial charge < -0.3 is 18.9 Å². The van der Waals surface area contributed by atoms with Crippen molar-refractivity contribution in [3.63, 3.8) is 0 Å². The summed E-state index contributed by atoms with van der Waals surface area (Å²) in [5, 5.41) is 0. The topological polar surface area (TPSA) is 108 Å². The summed E-state index contributed by atoms with van der Waals surface area (Å²) in [7, 11) is 1.47. The third-order valence-electron chi connectivity index (χ3n) is 7.05. The van der Waals surface area contributed by atoms with E-state index in [0.717, 1.165) is 64.2 Å². The molecule has 0 aromatic rings. The number of quaternary nitrogens is 1. The first-order chi connectivity index (χ1) is 20.5. The van der Waals surface area contributed by atoms with Crippen LogP contribution in [0.3, 0.4) is 0 Å². The molecule has 9 nitrogen and oxygen atoms in total. The molecule has 254 valence electrons.